The molecule has 0 saturated carbocycles. The summed E-state index contributed by atoms with van der Waals surface area (Å²) in [5, 5.41) is 0.775. The monoisotopic (exact) mass is 370 g/mol. The molecule has 0 spiro atoms. The van der Waals surface area contributed by atoms with Gasteiger partial charge >= 0.3 is 0 Å². The highest BCUT2D eigenvalue weighted by molar-refractivity contribution is 7.80. The molecule has 0 rings (SSSR count). The van der Waals surface area contributed by atoms with E-state index in [1.807, 2.05) is 0 Å². The minimum absolute atomic E-state index is 0.441. The van der Waals surface area contributed by atoms with Crippen molar-refractivity contribution in [3.63, 3.8) is 0 Å². The summed E-state index contributed by atoms with van der Waals surface area (Å²) >= 11 is 5.17. The molecule has 0 aliphatic carbocycles. The van der Waals surface area contributed by atoms with Crippen molar-refractivity contribution in [1.82, 2.24) is 0 Å². The lowest BCUT2D eigenvalue weighted by molar-refractivity contribution is 0.374. The van der Waals surface area contributed by atoms with Gasteiger partial charge in [-0.25, -0.2) is 0 Å². The molecule has 0 heterocycles. The van der Waals surface area contributed by atoms with Gasteiger partial charge in [-0.05, 0) is 18.6 Å². The number of thiocarbonyl (C=S) groups is 1. The van der Waals surface area contributed by atoms with E-state index in [0.29, 0.717) is 5.92 Å². The van der Waals surface area contributed by atoms with Crippen LogP contribution in [0, 0.1) is 5.92 Å². The lowest BCUT2D eigenvalue weighted by Gasteiger charge is -2.11. The molecule has 0 aromatic carbocycles. The summed E-state index contributed by atoms with van der Waals surface area (Å²) in [6.07, 6.45) is 25.5. The Morgan fingerprint density at radius 3 is 1.28 bits per heavy atom. The van der Waals surface area contributed by atoms with Crippen molar-refractivity contribution in [2.75, 3.05) is 7.11 Å². The van der Waals surface area contributed by atoms with Crippen LogP contribution < -0.4 is 0 Å². The van der Waals surface area contributed by atoms with Crippen LogP contribution in [0.25, 0.3) is 0 Å². The molecule has 0 saturated heterocycles. The van der Waals surface area contributed by atoms with Gasteiger partial charge in [-0.15, -0.1) is 0 Å². The van der Waals surface area contributed by atoms with E-state index >= 15 is 0 Å². The van der Waals surface area contributed by atoms with Gasteiger partial charge in [-0.3, -0.25) is 0 Å². The van der Waals surface area contributed by atoms with E-state index in [1.165, 1.54) is 116 Å². The van der Waals surface area contributed by atoms with Crippen molar-refractivity contribution in [3.8, 4) is 0 Å². The molecule has 2 heteroatoms. The quantitative estimate of drug-likeness (QED) is 0.166. The van der Waals surface area contributed by atoms with Crippen LogP contribution in [0.1, 0.15) is 129 Å². The molecular weight excluding hydrogens is 324 g/mol. The molecule has 0 aliphatic rings. The zero-order valence-electron chi connectivity index (χ0n) is 17.6. The Hall–Kier alpha value is -0.110. The standard InChI is InChI=1S/C23H46OS/c1-4-5-6-7-8-9-10-11-12-13-14-15-16-17-18-19-20-21-22(2)23(25)24-3/h22H,4-21H2,1-3H3. The maximum absolute atomic E-state index is 5.17. The highest BCUT2D eigenvalue weighted by Gasteiger charge is 2.07. The van der Waals surface area contributed by atoms with Crippen LogP contribution in [-0.2, 0) is 4.74 Å². The molecule has 0 aliphatic heterocycles. The zero-order chi connectivity index (χ0) is 18.6. The minimum Gasteiger partial charge on any atom is -0.490 e. The van der Waals surface area contributed by atoms with E-state index in [4.69, 9.17) is 17.0 Å². The third-order valence-electron chi connectivity index (χ3n) is 5.34. The highest BCUT2D eigenvalue weighted by Crippen LogP contribution is 2.16. The SMILES string of the molecule is CCCCCCCCCCCCCCCCCCCC(C)C(=S)OC. The fourth-order valence-corrected chi connectivity index (χ4v) is 3.61. The van der Waals surface area contributed by atoms with E-state index in [1.54, 1.807) is 7.11 Å². The topological polar surface area (TPSA) is 9.23 Å². The van der Waals surface area contributed by atoms with Crippen molar-refractivity contribution in [3.05, 3.63) is 0 Å². The van der Waals surface area contributed by atoms with E-state index in [-0.39, 0.29) is 0 Å². The molecule has 0 N–H and O–H groups in total. The van der Waals surface area contributed by atoms with Gasteiger partial charge in [0.2, 0.25) is 0 Å². The molecule has 0 bridgehead atoms. The second-order valence-electron chi connectivity index (χ2n) is 7.87. The molecule has 1 unspecified atom stereocenters. The maximum atomic E-state index is 5.17. The summed E-state index contributed by atoms with van der Waals surface area (Å²) in [4.78, 5) is 0. The lowest BCUT2D eigenvalue weighted by Crippen LogP contribution is -2.09. The van der Waals surface area contributed by atoms with Crippen molar-refractivity contribution in [2.24, 2.45) is 5.92 Å². The van der Waals surface area contributed by atoms with Gasteiger partial charge in [0.15, 0.2) is 5.05 Å². The first kappa shape index (κ1) is 24.9. The van der Waals surface area contributed by atoms with Gasteiger partial charge in [0, 0.05) is 5.92 Å². The van der Waals surface area contributed by atoms with Gasteiger partial charge < -0.3 is 4.74 Å². The Labute approximate surface area is 164 Å². The summed E-state index contributed by atoms with van der Waals surface area (Å²) < 4.78 is 5.13. The Morgan fingerprint density at radius 1 is 0.640 bits per heavy atom. The normalized spacial score (nSPS) is 12.3. The second kappa shape index (κ2) is 20.2. The van der Waals surface area contributed by atoms with Crippen LogP contribution in [-0.4, -0.2) is 12.2 Å². The zero-order valence-corrected chi connectivity index (χ0v) is 18.4. The van der Waals surface area contributed by atoms with Crippen LogP contribution in [0.15, 0.2) is 0 Å². The molecule has 0 fully saturated rings. The molecule has 0 aromatic rings. The predicted octanol–water partition coefficient (Wildman–Crippen LogP) is 8.64. The molecule has 0 radical (unpaired) electrons. The van der Waals surface area contributed by atoms with Gasteiger partial charge in [0.05, 0.1) is 7.11 Å². The first-order valence-corrected chi connectivity index (χ1v) is 11.7. The summed E-state index contributed by atoms with van der Waals surface area (Å²) in [5.74, 6) is 0.441. The summed E-state index contributed by atoms with van der Waals surface area (Å²) in [7, 11) is 1.69. The number of hydrogen-bond acceptors (Lipinski definition) is 2. The first-order valence-electron chi connectivity index (χ1n) is 11.3. The summed E-state index contributed by atoms with van der Waals surface area (Å²) in [5.41, 5.74) is 0. The van der Waals surface area contributed by atoms with E-state index in [2.05, 4.69) is 13.8 Å². The highest BCUT2D eigenvalue weighted by atomic mass is 32.1. The minimum atomic E-state index is 0.441. The number of rotatable bonds is 19. The lowest BCUT2D eigenvalue weighted by atomic mass is 10.0. The van der Waals surface area contributed by atoms with Gasteiger partial charge in [-0.1, -0.05) is 123 Å². The van der Waals surface area contributed by atoms with Crippen LogP contribution >= 0.6 is 12.2 Å². The molecule has 1 atom stereocenters. The molecular formula is C23H46OS. The predicted molar refractivity (Wildman–Crippen MR) is 118 cm³/mol. The third-order valence-corrected chi connectivity index (χ3v) is 5.91. The van der Waals surface area contributed by atoms with Crippen LogP contribution in [0.3, 0.4) is 0 Å². The van der Waals surface area contributed by atoms with Gasteiger partial charge in [0.1, 0.15) is 0 Å². The number of methoxy groups -OCH3 is 1. The molecule has 150 valence electrons. The molecule has 0 amide bonds. The van der Waals surface area contributed by atoms with Crippen molar-refractivity contribution in [2.45, 2.75) is 129 Å². The fourth-order valence-electron chi connectivity index (χ4n) is 3.49. The van der Waals surface area contributed by atoms with Crippen molar-refractivity contribution < 1.29 is 4.74 Å². The molecule has 0 aromatic heterocycles. The summed E-state index contributed by atoms with van der Waals surface area (Å²) in [6, 6.07) is 0. The van der Waals surface area contributed by atoms with Crippen molar-refractivity contribution in [1.29, 1.82) is 0 Å². The Kier molecular flexibility index (Phi) is 20.1. The number of unbranched alkanes of at least 4 members (excludes halogenated alkanes) is 16. The number of ether oxygens (including phenoxy) is 1. The van der Waals surface area contributed by atoms with E-state index in [9.17, 15) is 0 Å². The summed E-state index contributed by atoms with van der Waals surface area (Å²) in [6.45, 7) is 4.47. The van der Waals surface area contributed by atoms with Crippen molar-refractivity contribution >= 4 is 17.3 Å². The van der Waals surface area contributed by atoms with Gasteiger partial charge in [0.25, 0.3) is 0 Å². The third kappa shape index (κ3) is 18.5. The number of hydrogen-bond donors (Lipinski definition) is 0. The smallest absolute Gasteiger partial charge is 0.162 e. The van der Waals surface area contributed by atoms with E-state index < -0.39 is 0 Å². The average molecular weight is 371 g/mol. The Bertz CT molecular complexity index is 277. The fraction of sp³-hybridized carbons (Fsp3) is 0.957. The second-order valence-corrected chi connectivity index (χ2v) is 8.27. The van der Waals surface area contributed by atoms with Crippen LogP contribution in [0.5, 0.6) is 0 Å². The largest absolute Gasteiger partial charge is 0.490 e. The van der Waals surface area contributed by atoms with E-state index in [0.717, 1.165) is 5.05 Å². The molecule has 25 heavy (non-hydrogen) atoms. The Morgan fingerprint density at radius 2 is 0.960 bits per heavy atom. The maximum Gasteiger partial charge on any atom is 0.162 e. The molecule has 1 nitrogen and oxygen atoms in total. The first-order chi connectivity index (χ1) is 12.2. The van der Waals surface area contributed by atoms with Crippen LogP contribution in [0.2, 0.25) is 0 Å². The van der Waals surface area contributed by atoms with Crippen LogP contribution in [0.4, 0.5) is 0 Å². The van der Waals surface area contributed by atoms with Gasteiger partial charge in [-0.2, -0.15) is 0 Å². The average Bonchev–Trinajstić information content (AvgIpc) is 2.63. The Balaban J connectivity index is 3.08.